The monoisotopic (exact) mass is 651 g/mol. The summed E-state index contributed by atoms with van der Waals surface area (Å²) in [5.74, 6) is -0.205. The Labute approximate surface area is 276 Å². The summed E-state index contributed by atoms with van der Waals surface area (Å²) < 4.78 is 5.76. The van der Waals surface area contributed by atoms with Gasteiger partial charge in [-0.1, -0.05) is 60.7 Å². The number of hydrogen-bond donors (Lipinski definition) is 2. The number of nitrogens with one attached hydrogen (secondary N) is 1. The Morgan fingerprint density at radius 1 is 0.809 bits per heavy atom. The molecule has 2 aliphatic rings. The van der Waals surface area contributed by atoms with Gasteiger partial charge in [0.25, 0.3) is 5.91 Å². The van der Waals surface area contributed by atoms with E-state index in [9.17, 15) is 14.4 Å². The van der Waals surface area contributed by atoms with Crippen LogP contribution in [0.2, 0.25) is 0 Å². The second-order valence-electron chi connectivity index (χ2n) is 11.9. The molecule has 0 spiro atoms. The molecular weight excluding hydrogens is 602 g/mol. The molecule has 0 atom stereocenters. The van der Waals surface area contributed by atoms with E-state index in [1.807, 2.05) is 85.9 Å². The van der Waals surface area contributed by atoms with Crippen LogP contribution < -0.4 is 11.1 Å². The third-order valence-electron chi connectivity index (χ3n) is 8.75. The van der Waals surface area contributed by atoms with E-state index in [1.165, 1.54) is 0 Å². The Morgan fingerprint density at radius 3 is 2.04 bits per heavy atom. The van der Waals surface area contributed by atoms with Crippen LogP contribution in [-0.4, -0.2) is 101 Å². The highest BCUT2D eigenvalue weighted by atomic mass is 16.6. The van der Waals surface area contributed by atoms with Gasteiger partial charge in [0.05, 0.1) is 5.69 Å². The molecule has 0 saturated carbocycles. The van der Waals surface area contributed by atoms with Crippen LogP contribution in [0.25, 0.3) is 11.1 Å². The van der Waals surface area contributed by atoms with Crippen molar-refractivity contribution < 1.29 is 35.5 Å². The number of ether oxygens (including phenoxy) is 1. The van der Waals surface area contributed by atoms with Crippen molar-refractivity contribution in [3.63, 3.8) is 0 Å². The van der Waals surface area contributed by atoms with Gasteiger partial charge >= 0.3 is 6.09 Å². The first-order valence-electron chi connectivity index (χ1n) is 15.6. The van der Waals surface area contributed by atoms with Crippen molar-refractivity contribution in [3.8, 4) is 11.1 Å². The quantitative estimate of drug-likeness (QED) is 0.337. The standard InChI is InChI=1S/C35H43N5O4.3H2O/c1-38(34(42)29-13-11-26(12-14-29)25-40-19-15-28(16-20-40)33(36)41)23-24-39-21-17-30(18-22-39)44-35(43)37-32-10-6-5-9-31(32)27-7-3-2-4-8-27;;;/h2-14,28,30H,15-25H2,1H3,(H2,36,41)(H,37,43);3*1H2. The first kappa shape index (κ1) is 38.9. The van der Waals surface area contributed by atoms with E-state index in [0.29, 0.717) is 12.1 Å². The lowest BCUT2D eigenvalue weighted by Gasteiger charge is -2.32. The molecule has 0 bridgehead atoms. The van der Waals surface area contributed by atoms with Crippen molar-refractivity contribution in [2.24, 2.45) is 11.7 Å². The van der Waals surface area contributed by atoms with Crippen LogP contribution in [0.4, 0.5) is 10.5 Å². The van der Waals surface area contributed by atoms with E-state index in [2.05, 4.69) is 15.1 Å². The van der Waals surface area contributed by atoms with Gasteiger partial charge in [-0.3, -0.25) is 19.8 Å². The average Bonchev–Trinajstić information content (AvgIpc) is 3.05. The number of benzene rings is 3. The zero-order valence-corrected chi connectivity index (χ0v) is 27.0. The summed E-state index contributed by atoms with van der Waals surface area (Å²) in [5, 5.41) is 2.93. The van der Waals surface area contributed by atoms with E-state index in [0.717, 1.165) is 87.3 Å². The highest BCUT2D eigenvalue weighted by molar-refractivity contribution is 5.94. The molecule has 0 unspecified atom stereocenters. The summed E-state index contributed by atoms with van der Waals surface area (Å²) in [7, 11) is 1.84. The number of carbonyl (C=O) groups is 3. The maximum absolute atomic E-state index is 13.0. The van der Waals surface area contributed by atoms with Crippen LogP contribution in [0.1, 0.15) is 41.6 Å². The van der Waals surface area contributed by atoms with Gasteiger partial charge in [-0.05, 0) is 68.1 Å². The predicted octanol–water partition coefficient (Wildman–Crippen LogP) is 2.36. The van der Waals surface area contributed by atoms with Gasteiger partial charge in [0, 0.05) is 56.8 Å². The number of rotatable bonds is 10. The number of piperidine rings is 2. The zero-order valence-electron chi connectivity index (χ0n) is 27.0. The van der Waals surface area contributed by atoms with E-state index in [4.69, 9.17) is 10.5 Å². The number of nitrogens with zero attached hydrogens (tertiary/aromatic N) is 3. The van der Waals surface area contributed by atoms with Crippen LogP contribution in [0.15, 0.2) is 78.9 Å². The molecule has 2 aliphatic heterocycles. The minimum absolute atomic E-state index is 0. The number of amides is 3. The van der Waals surface area contributed by atoms with Gasteiger partial charge in [-0.15, -0.1) is 0 Å². The molecule has 3 aromatic carbocycles. The largest absolute Gasteiger partial charge is 0.446 e. The third kappa shape index (κ3) is 10.9. The Hall–Kier alpha value is -4.33. The molecule has 3 amide bonds. The number of anilines is 1. The predicted molar refractivity (Wildman–Crippen MR) is 183 cm³/mol. The lowest BCUT2D eigenvalue weighted by Crippen LogP contribution is -2.42. The van der Waals surface area contributed by atoms with Crippen molar-refractivity contribution in [3.05, 3.63) is 90.0 Å². The molecule has 12 nitrogen and oxygen atoms in total. The first-order valence-corrected chi connectivity index (χ1v) is 15.6. The fourth-order valence-electron chi connectivity index (χ4n) is 6.00. The number of carbonyl (C=O) groups excluding carboxylic acids is 3. The van der Waals surface area contributed by atoms with Crippen molar-refractivity contribution >= 4 is 23.6 Å². The average molecular weight is 652 g/mol. The van der Waals surface area contributed by atoms with Gasteiger partial charge in [-0.25, -0.2) is 4.79 Å². The molecule has 0 radical (unpaired) electrons. The first-order chi connectivity index (χ1) is 21.4. The molecule has 256 valence electrons. The fourth-order valence-corrected chi connectivity index (χ4v) is 6.00. The zero-order chi connectivity index (χ0) is 30.9. The van der Waals surface area contributed by atoms with Gasteiger partial charge < -0.3 is 36.7 Å². The van der Waals surface area contributed by atoms with Crippen molar-refractivity contribution in [1.82, 2.24) is 14.7 Å². The van der Waals surface area contributed by atoms with Gasteiger partial charge in [0.1, 0.15) is 6.10 Å². The Kier molecular flexibility index (Phi) is 15.5. The molecule has 2 fully saturated rings. The van der Waals surface area contributed by atoms with Crippen molar-refractivity contribution in [1.29, 1.82) is 0 Å². The highest BCUT2D eigenvalue weighted by Gasteiger charge is 2.25. The summed E-state index contributed by atoms with van der Waals surface area (Å²) in [6, 6.07) is 25.5. The SMILES string of the molecule is CN(CCN1CCC(OC(=O)Nc2ccccc2-c2ccccc2)CC1)C(=O)c1ccc(CN2CCC(C(N)=O)CC2)cc1.O.O.O. The molecule has 2 heterocycles. The van der Waals surface area contributed by atoms with Crippen LogP contribution >= 0.6 is 0 Å². The van der Waals surface area contributed by atoms with E-state index < -0.39 is 6.09 Å². The molecule has 0 aliphatic carbocycles. The Morgan fingerprint density at radius 2 is 1.40 bits per heavy atom. The fraction of sp³-hybridized carbons (Fsp3) is 0.400. The van der Waals surface area contributed by atoms with Crippen LogP contribution in [0.5, 0.6) is 0 Å². The molecule has 47 heavy (non-hydrogen) atoms. The van der Waals surface area contributed by atoms with Gasteiger partial charge in [-0.2, -0.15) is 0 Å². The highest BCUT2D eigenvalue weighted by Crippen LogP contribution is 2.28. The minimum atomic E-state index is -0.434. The summed E-state index contributed by atoms with van der Waals surface area (Å²) in [6.07, 6.45) is 2.56. The lowest BCUT2D eigenvalue weighted by molar-refractivity contribution is -0.123. The number of para-hydroxylation sites is 1. The third-order valence-corrected chi connectivity index (χ3v) is 8.75. The molecule has 5 rings (SSSR count). The molecule has 12 heteroatoms. The topological polar surface area (TPSA) is 203 Å². The Bertz CT molecular complexity index is 1410. The number of likely N-dealkylation sites (tertiary alicyclic amines) is 2. The van der Waals surface area contributed by atoms with Crippen molar-refractivity contribution in [2.45, 2.75) is 38.3 Å². The molecule has 2 saturated heterocycles. The maximum atomic E-state index is 13.0. The van der Waals surface area contributed by atoms with E-state index in [1.54, 1.807) is 4.90 Å². The number of hydrogen-bond acceptors (Lipinski definition) is 6. The lowest BCUT2D eigenvalue weighted by atomic mass is 9.96. The second-order valence-corrected chi connectivity index (χ2v) is 11.9. The maximum Gasteiger partial charge on any atom is 0.411 e. The smallest absolute Gasteiger partial charge is 0.411 e. The molecule has 9 N–H and O–H groups in total. The summed E-state index contributed by atoms with van der Waals surface area (Å²) in [5.41, 5.74) is 9.99. The molecular formula is C35H49N5O7. The number of nitrogens with two attached hydrogens (primary N) is 1. The van der Waals surface area contributed by atoms with E-state index in [-0.39, 0.29) is 40.3 Å². The van der Waals surface area contributed by atoms with Crippen molar-refractivity contribution in [2.75, 3.05) is 51.6 Å². The number of primary amides is 1. The summed E-state index contributed by atoms with van der Waals surface area (Å²) in [4.78, 5) is 43.6. The molecule has 0 aromatic heterocycles. The normalized spacial score (nSPS) is 15.7. The number of likely N-dealkylation sites (N-methyl/N-ethyl adjacent to an activating group) is 1. The Balaban J connectivity index is 0.00000256. The van der Waals surface area contributed by atoms with Crippen LogP contribution in [0.3, 0.4) is 0 Å². The summed E-state index contributed by atoms with van der Waals surface area (Å²) >= 11 is 0. The van der Waals surface area contributed by atoms with Crippen LogP contribution in [0, 0.1) is 5.92 Å². The molecule has 3 aromatic rings. The van der Waals surface area contributed by atoms with Gasteiger partial charge in [0.2, 0.25) is 5.91 Å². The minimum Gasteiger partial charge on any atom is -0.446 e. The van der Waals surface area contributed by atoms with Gasteiger partial charge in [0.15, 0.2) is 0 Å². The summed E-state index contributed by atoms with van der Waals surface area (Å²) in [6.45, 7) is 5.53. The van der Waals surface area contributed by atoms with E-state index >= 15 is 0 Å². The van der Waals surface area contributed by atoms with Crippen LogP contribution in [-0.2, 0) is 16.1 Å². The second kappa shape index (κ2) is 18.7.